The van der Waals surface area contributed by atoms with E-state index >= 15 is 0 Å². The number of oxime groups is 1. The molecule has 0 aliphatic carbocycles. The summed E-state index contributed by atoms with van der Waals surface area (Å²) in [6.45, 7) is 3.84. The second-order valence-corrected chi connectivity index (χ2v) is 6.02. The molecule has 136 valence electrons. The van der Waals surface area contributed by atoms with Crippen molar-refractivity contribution < 1.29 is 14.4 Å². The van der Waals surface area contributed by atoms with Crippen LogP contribution in [0.5, 0.6) is 0 Å². The second kappa shape index (κ2) is 8.80. The van der Waals surface area contributed by atoms with Gasteiger partial charge in [-0.3, -0.25) is 9.59 Å². The fourth-order valence-corrected chi connectivity index (χ4v) is 2.52. The van der Waals surface area contributed by atoms with Crippen LogP contribution in [0.3, 0.4) is 0 Å². The third-order valence-electron chi connectivity index (χ3n) is 3.94. The molecule has 0 fully saturated rings. The molecule has 0 saturated carbocycles. The molecule has 0 atom stereocenters. The number of hydrogen-bond acceptors (Lipinski definition) is 4. The Hall–Kier alpha value is -3.15. The van der Waals surface area contributed by atoms with Crippen molar-refractivity contribution in [3.63, 3.8) is 0 Å². The van der Waals surface area contributed by atoms with Gasteiger partial charge in [-0.1, -0.05) is 35.5 Å². The van der Waals surface area contributed by atoms with Gasteiger partial charge in [-0.15, -0.1) is 0 Å². The molecule has 0 bridgehead atoms. The molecule has 0 spiro atoms. The molecule has 0 aromatic heterocycles. The summed E-state index contributed by atoms with van der Waals surface area (Å²) in [5.41, 5.74) is 4.09. The number of rotatable bonds is 6. The Morgan fingerprint density at radius 3 is 2.31 bits per heavy atom. The number of hydrogen-bond donors (Lipinski definition) is 1. The van der Waals surface area contributed by atoms with Gasteiger partial charge in [-0.25, -0.2) is 0 Å². The van der Waals surface area contributed by atoms with Crippen LogP contribution in [0.4, 0.5) is 5.69 Å². The quantitative estimate of drug-likeness (QED) is 0.641. The Kier molecular flexibility index (Phi) is 6.49. The second-order valence-electron chi connectivity index (χ2n) is 6.02. The number of para-hydroxylation sites is 1. The van der Waals surface area contributed by atoms with Gasteiger partial charge in [0.2, 0.25) is 5.91 Å². The van der Waals surface area contributed by atoms with E-state index in [-0.39, 0.29) is 18.4 Å². The molecule has 0 radical (unpaired) electrons. The molecule has 2 aromatic carbocycles. The van der Waals surface area contributed by atoms with Gasteiger partial charge in [-0.2, -0.15) is 0 Å². The SMILES string of the molecule is CO/N=C/c1ccc(C(=O)N(C)CC(=O)Nc2c(C)cccc2C)cc1. The lowest BCUT2D eigenvalue weighted by atomic mass is 10.1. The van der Waals surface area contributed by atoms with E-state index in [0.717, 1.165) is 22.4 Å². The fraction of sp³-hybridized carbons (Fsp3) is 0.250. The smallest absolute Gasteiger partial charge is 0.254 e. The van der Waals surface area contributed by atoms with Gasteiger partial charge in [0, 0.05) is 18.3 Å². The molecule has 0 unspecified atom stereocenters. The normalized spacial score (nSPS) is 10.6. The van der Waals surface area contributed by atoms with Crippen molar-refractivity contribution in [1.82, 2.24) is 4.90 Å². The summed E-state index contributed by atoms with van der Waals surface area (Å²) >= 11 is 0. The third kappa shape index (κ3) is 4.92. The van der Waals surface area contributed by atoms with Crippen molar-refractivity contribution in [2.24, 2.45) is 5.16 Å². The minimum atomic E-state index is -0.234. The van der Waals surface area contributed by atoms with Crippen LogP contribution in [0.25, 0.3) is 0 Å². The van der Waals surface area contributed by atoms with Crippen LogP contribution in [-0.4, -0.2) is 43.6 Å². The summed E-state index contributed by atoms with van der Waals surface area (Å²) < 4.78 is 0. The summed E-state index contributed by atoms with van der Waals surface area (Å²) in [5, 5.41) is 6.56. The molecule has 1 N–H and O–H groups in total. The van der Waals surface area contributed by atoms with E-state index in [1.807, 2.05) is 32.0 Å². The third-order valence-corrected chi connectivity index (χ3v) is 3.94. The van der Waals surface area contributed by atoms with Crippen molar-refractivity contribution in [3.05, 3.63) is 64.7 Å². The number of likely N-dealkylation sites (N-methyl/N-ethyl adjacent to an activating group) is 1. The summed E-state index contributed by atoms with van der Waals surface area (Å²) in [7, 11) is 3.07. The minimum absolute atomic E-state index is 0.0283. The number of carbonyl (C=O) groups excluding carboxylic acids is 2. The number of benzene rings is 2. The molecule has 2 amide bonds. The molecule has 6 heteroatoms. The standard InChI is InChI=1S/C20H23N3O3/c1-14-6-5-7-15(2)19(14)22-18(24)13-23(3)20(25)17-10-8-16(9-11-17)12-21-26-4/h5-12H,13H2,1-4H3,(H,22,24)/b21-12+. The molecule has 2 rings (SSSR count). The number of nitrogens with one attached hydrogen (secondary N) is 1. The predicted molar refractivity (Wildman–Crippen MR) is 103 cm³/mol. The zero-order valence-electron chi connectivity index (χ0n) is 15.4. The molecule has 0 saturated heterocycles. The largest absolute Gasteiger partial charge is 0.399 e. The van der Waals surface area contributed by atoms with Gasteiger partial charge in [-0.05, 0) is 42.7 Å². The van der Waals surface area contributed by atoms with Crippen molar-refractivity contribution in [2.75, 3.05) is 26.0 Å². The van der Waals surface area contributed by atoms with Crippen LogP contribution in [-0.2, 0) is 9.63 Å². The van der Waals surface area contributed by atoms with E-state index in [2.05, 4.69) is 15.3 Å². The molecule has 0 aliphatic heterocycles. The topological polar surface area (TPSA) is 71.0 Å². The highest BCUT2D eigenvalue weighted by Crippen LogP contribution is 2.19. The highest BCUT2D eigenvalue weighted by Gasteiger charge is 2.16. The summed E-state index contributed by atoms with van der Waals surface area (Å²) in [4.78, 5) is 30.8. The lowest BCUT2D eigenvalue weighted by Crippen LogP contribution is -2.35. The molecule has 0 heterocycles. The van der Waals surface area contributed by atoms with Crippen molar-refractivity contribution in [3.8, 4) is 0 Å². The first-order chi connectivity index (χ1) is 12.4. The zero-order chi connectivity index (χ0) is 19.1. The number of anilines is 1. The lowest BCUT2D eigenvalue weighted by Gasteiger charge is -2.18. The monoisotopic (exact) mass is 353 g/mol. The lowest BCUT2D eigenvalue weighted by molar-refractivity contribution is -0.116. The summed E-state index contributed by atoms with van der Waals surface area (Å²) in [6, 6.07) is 12.7. The van der Waals surface area contributed by atoms with Crippen LogP contribution < -0.4 is 5.32 Å². The van der Waals surface area contributed by atoms with Crippen molar-refractivity contribution >= 4 is 23.7 Å². The van der Waals surface area contributed by atoms with Crippen LogP contribution in [0.15, 0.2) is 47.6 Å². The van der Waals surface area contributed by atoms with E-state index in [1.165, 1.54) is 12.0 Å². The van der Waals surface area contributed by atoms with Crippen LogP contribution in [0.1, 0.15) is 27.0 Å². The number of amides is 2. The predicted octanol–water partition coefficient (Wildman–Crippen LogP) is 2.99. The molecule has 26 heavy (non-hydrogen) atoms. The average Bonchev–Trinajstić information content (AvgIpc) is 2.63. The van der Waals surface area contributed by atoms with Crippen molar-refractivity contribution in [1.29, 1.82) is 0 Å². The molecule has 0 aliphatic rings. The van der Waals surface area contributed by atoms with E-state index < -0.39 is 0 Å². The summed E-state index contributed by atoms with van der Waals surface area (Å²) in [5.74, 6) is -0.459. The van der Waals surface area contributed by atoms with Gasteiger partial charge < -0.3 is 15.1 Å². The van der Waals surface area contributed by atoms with Crippen LogP contribution >= 0.6 is 0 Å². The van der Waals surface area contributed by atoms with Gasteiger partial charge in [0.15, 0.2) is 0 Å². The van der Waals surface area contributed by atoms with Gasteiger partial charge >= 0.3 is 0 Å². The summed E-state index contributed by atoms with van der Waals surface area (Å²) in [6.07, 6.45) is 1.55. The Morgan fingerprint density at radius 1 is 1.12 bits per heavy atom. The van der Waals surface area contributed by atoms with Gasteiger partial charge in [0.25, 0.3) is 5.91 Å². The molecular weight excluding hydrogens is 330 g/mol. The van der Waals surface area contributed by atoms with Gasteiger partial charge in [0.1, 0.15) is 7.11 Å². The molecule has 2 aromatic rings. The maximum atomic E-state index is 12.5. The first-order valence-corrected chi connectivity index (χ1v) is 8.20. The van der Waals surface area contributed by atoms with Crippen LogP contribution in [0.2, 0.25) is 0 Å². The van der Waals surface area contributed by atoms with E-state index in [9.17, 15) is 9.59 Å². The Balaban J connectivity index is 2.00. The van der Waals surface area contributed by atoms with E-state index in [1.54, 1.807) is 37.5 Å². The fourth-order valence-electron chi connectivity index (χ4n) is 2.52. The maximum Gasteiger partial charge on any atom is 0.254 e. The van der Waals surface area contributed by atoms with Crippen molar-refractivity contribution in [2.45, 2.75) is 13.8 Å². The minimum Gasteiger partial charge on any atom is -0.399 e. The Labute approximate surface area is 153 Å². The number of aryl methyl sites for hydroxylation is 2. The number of nitrogens with zero attached hydrogens (tertiary/aromatic N) is 2. The zero-order valence-corrected chi connectivity index (χ0v) is 15.4. The van der Waals surface area contributed by atoms with E-state index in [4.69, 9.17) is 0 Å². The van der Waals surface area contributed by atoms with Crippen LogP contribution in [0, 0.1) is 13.8 Å². The molecular formula is C20H23N3O3. The maximum absolute atomic E-state index is 12.5. The van der Waals surface area contributed by atoms with Gasteiger partial charge in [0.05, 0.1) is 12.8 Å². The Bertz CT molecular complexity index is 793. The highest BCUT2D eigenvalue weighted by atomic mass is 16.6. The number of carbonyl (C=O) groups is 2. The molecule has 6 nitrogen and oxygen atoms in total. The first-order valence-electron chi connectivity index (χ1n) is 8.20. The highest BCUT2D eigenvalue weighted by molar-refractivity contribution is 6.00. The average molecular weight is 353 g/mol. The van der Waals surface area contributed by atoms with E-state index in [0.29, 0.717) is 5.56 Å². The first kappa shape index (κ1) is 19.2. The Morgan fingerprint density at radius 2 is 1.73 bits per heavy atom.